The predicted octanol–water partition coefficient (Wildman–Crippen LogP) is 3.00. The van der Waals surface area contributed by atoms with Gasteiger partial charge in [-0.1, -0.05) is 29.8 Å². The molecule has 1 heterocycles. The molecule has 0 amide bonds. The molecule has 7 nitrogen and oxygen atoms in total. The van der Waals surface area contributed by atoms with E-state index in [-0.39, 0.29) is 18.1 Å². The first kappa shape index (κ1) is 22.3. The largest absolute Gasteiger partial charge is 0.490 e. The molecule has 0 saturated carbocycles. The van der Waals surface area contributed by atoms with Gasteiger partial charge in [-0.05, 0) is 42.0 Å². The Balaban J connectivity index is 1.46. The summed E-state index contributed by atoms with van der Waals surface area (Å²) in [4.78, 5) is 12.0. The minimum atomic E-state index is -3.54. The second kappa shape index (κ2) is 10.6. The molecule has 0 aliphatic carbocycles. The molecule has 0 atom stereocenters. The Labute approximate surface area is 180 Å². The second-order valence-electron chi connectivity index (χ2n) is 6.39. The molecule has 3 rings (SSSR count). The van der Waals surface area contributed by atoms with Crippen LogP contribution in [0.1, 0.15) is 5.56 Å². The summed E-state index contributed by atoms with van der Waals surface area (Å²) in [6.07, 6.45) is 2.84. The number of halogens is 1. The van der Waals surface area contributed by atoms with Crippen molar-refractivity contribution in [2.75, 3.05) is 39.5 Å². The maximum Gasteiger partial charge on any atom is 0.330 e. The molecule has 0 bridgehead atoms. The van der Waals surface area contributed by atoms with Gasteiger partial charge in [-0.3, -0.25) is 0 Å². The lowest BCUT2D eigenvalue weighted by atomic mass is 10.2. The van der Waals surface area contributed by atoms with Crippen LogP contribution < -0.4 is 4.74 Å². The van der Waals surface area contributed by atoms with E-state index in [2.05, 4.69) is 0 Å². The van der Waals surface area contributed by atoms with Gasteiger partial charge in [0.05, 0.1) is 18.1 Å². The summed E-state index contributed by atoms with van der Waals surface area (Å²) in [5, 5.41) is 0.566. The Morgan fingerprint density at radius 1 is 1.10 bits per heavy atom. The molecule has 9 heteroatoms. The molecule has 30 heavy (non-hydrogen) atoms. The zero-order chi connectivity index (χ0) is 21.4. The van der Waals surface area contributed by atoms with Crippen LogP contribution in [0, 0.1) is 0 Å². The molecular weight excluding hydrogens is 430 g/mol. The number of carbonyl (C=O) groups excluding carboxylic acids is 1. The summed E-state index contributed by atoms with van der Waals surface area (Å²) in [6, 6.07) is 13.3. The third-order valence-electron chi connectivity index (χ3n) is 4.29. The van der Waals surface area contributed by atoms with Crippen molar-refractivity contribution >= 4 is 33.7 Å². The number of esters is 1. The van der Waals surface area contributed by atoms with Crippen molar-refractivity contribution in [1.29, 1.82) is 0 Å². The lowest BCUT2D eigenvalue weighted by Crippen LogP contribution is -2.40. The molecule has 2 aromatic carbocycles. The van der Waals surface area contributed by atoms with Crippen molar-refractivity contribution in [1.82, 2.24) is 4.31 Å². The monoisotopic (exact) mass is 451 g/mol. The first-order valence-corrected chi connectivity index (χ1v) is 11.2. The SMILES string of the molecule is O=C(/C=C/c1ccc(S(=O)(=O)N2CCOCC2)cc1)OCCOc1cccc(Cl)c1. The molecule has 1 fully saturated rings. The number of sulfonamides is 1. The van der Waals surface area contributed by atoms with E-state index in [9.17, 15) is 13.2 Å². The van der Waals surface area contributed by atoms with Gasteiger partial charge in [0.15, 0.2) is 0 Å². The molecule has 160 valence electrons. The van der Waals surface area contributed by atoms with Gasteiger partial charge in [0, 0.05) is 24.2 Å². The van der Waals surface area contributed by atoms with Crippen molar-refractivity contribution in [3.05, 3.63) is 65.2 Å². The van der Waals surface area contributed by atoms with E-state index in [1.54, 1.807) is 42.5 Å². The number of hydrogen-bond donors (Lipinski definition) is 0. The molecule has 0 spiro atoms. The van der Waals surface area contributed by atoms with E-state index < -0.39 is 16.0 Å². The Kier molecular flexibility index (Phi) is 7.87. The van der Waals surface area contributed by atoms with E-state index >= 15 is 0 Å². The average molecular weight is 452 g/mol. The van der Waals surface area contributed by atoms with Crippen LogP contribution in [-0.4, -0.2) is 58.2 Å². The van der Waals surface area contributed by atoms with Crippen molar-refractivity contribution < 1.29 is 27.4 Å². The molecule has 0 N–H and O–H groups in total. The van der Waals surface area contributed by atoms with Crippen molar-refractivity contribution in [3.8, 4) is 5.75 Å². The van der Waals surface area contributed by atoms with Gasteiger partial charge in [0.1, 0.15) is 19.0 Å². The lowest BCUT2D eigenvalue weighted by Gasteiger charge is -2.26. The molecule has 1 aliphatic heterocycles. The zero-order valence-corrected chi connectivity index (χ0v) is 17.8. The van der Waals surface area contributed by atoms with Crippen molar-refractivity contribution in [2.24, 2.45) is 0 Å². The van der Waals surface area contributed by atoms with Gasteiger partial charge < -0.3 is 14.2 Å². The quantitative estimate of drug-likeness (QED) is 0.348. The smallest absolute Gasteiger partial charge is 0.330 e. The van der Waals surface area contributed by atoms with Crippen LogP contribution in [0.25, 0.3) is 6.08 Å². The van der Waals surface area contributed by atoms with Crippen LogP contribution in [0.3, 0.4) is 0 Å². The minimum Gasteiger partial charge on any atom is -0.490 e. The summed E-state index contributed by atoms with van der Waals surface area (Å²) in [6.45, 7) is 1.77. The van der Waals surface area contributed by atoms with Gasteiger partial charge in [-0.2, -0.15) is 4.31 Å². The minimum absolute atomic E-state index is 0.0897. The molecule has 1 aliphatic rings. The fourth-order valence-electron chi connectivity index (χ4n) is 2.76. The lowest BCUT2D eigenvalue weighted by molar-refractivity contribution is -0.138. The zero-order valence-electron chi connectivity index (χ0n) is 16.2. The van der Waals surface area contributed by atoms with Gasteiger partial charge >= 0.3 is 5.97 Å². The summed E-state index contributed by atoms with van der Waals surface area (Å²) < 4.78 is 42.3. The first-order valence-electron chi connectivity index (χ1n) is 9.36. The van der Waals surface area contributed by atoms with Crippen LogP contribution >= 0.6 is 11.6 Å². The fraction of sp³-hybridized carbons (Fsp3) is 0.286. The van der Waals surface area contributed by atoms with E-state index in [1.165, 1.54) is 22.5 Å². The van der Waals surface area contributed by atoms with Gasteiger partial charge in [-0.25, -0.2) is 13.2 Å². The number of ether oxygens (including phenoxy) is 3. The predicted molar refractivity (Wildman–Crippen MR) is 113 cm³/mol. The molecule has 0 unspecified atom stereocenters. The molecule has 0 radical (unpaired) electrons. The normalized spacial score (nSPS) is 15.2. The molecule has 1 saturated heterocycles. The molecular formula is C21H22ClNO6S. The maximum absolute atomic E-state index is 12.6. The fourth-order valence-corrected chi connectivity index (χ4v) is 4.35. The standard InChI is InChI=1S/C21H22ClNO6S/c22-18-2-1-3-19(16-18)28-14-15-29-21(24)9-6-17-4-7-20(8-5-17)30(25,26)23-10-12-27-13-11-23/h1-9,16H,10-15H2/b9-6+. The highest BCUT2D eigenvalue weighted by Crippen LogP contribution is 2.18. The Morgan fingerprint density at radius 3 is 2.53 bits per heavy atom. The van der Waals surface area contributed by atoms with E-state index in [4.69, 9.17) is 25.8 Å². The van der Waals surface area contributed by atoms with Crippen LogP contribution in [-0.2, 0) is 24.3 Å². The van der Waals surface area contributed by atoms with Crippen LogP contribution in [0.5, 0.6) is 5.75 Å². The Bertz CT molecular complexity index is 985. The van der Waals surface area contributed by atoms with Gasteiger partial charge in [-0.15, -0.1) is 0 Å². The second-order valence-corrected chi connectivity index (χ2v) is 8.77. The third kappa shape index (κ3) is 6.30. The number of rotatable bonds is 8. The number of nitrogens with zero attached hydrogens (tertiary/aromatic N) is 1. The summed E-state index contributed by atoms with van der Waals surface area (Å²) in [5.74, 6) is 0.0796. The van der Waals surface area contributed by atoms with Crippen LogP contribution in [0.2, 0.25) is 5.02 Å². The van der Waals surface area contributed by atoms with E-state index in [1.807, 2.05) is 0 Å². The average Bonchev–Trinajstić information content (AvgIpc) is 2.76. The number of morpholine rings is 1. The van der Waals surface area contributed by atoms with Gasteiger partial charge in [0.25, 0.3) is 0 Å². The van der Waals surface area contributed by atoms with E-state index in [0.717, 1.165) is 0 Å². The summed E-state index contributed by atoms with van der Waals surface area (Å²) >= 11 is 5.87. The summed E-state index contributed by atoms with van der Waals surface area (Å²) in [5.41, 5.74) is 0.683. The van der Waals surface area contributed by atoms with Crippen molar-refractivity contribution in [2.45, 2.75) is 4.90 Å². The van der Waals surface area contributed by atoms with Crippen molar-refractivity contribution in [3.63, 3.8) is 0 Å². The Hall–Kier alpha value is -2.39. The maximum atomic E-state index is 12.6. The topological polar surface area (TPSA) is 82.1 Å². The molecule has 0 aromatic heterocycles. The van der Waals surface area contributed by atoms with E-state index in [0.29, 0.717) is 42.6 Å². The highest BCUT2D eigenvalue weighted by Gasteiger charge is 2.25. The third-order valence-corrected chi connectivity index (χ3v) is 6.44. The highest BCUT2D eigenvalue weighted by molar-refractivity contribution is 7.89. The van der Waals surface area contributed by atoms with Gasteiger partial charge in [0.2, 0.25) is 10.0 Å². The van der Waals surface area contributed by atoms with Crippen LogP contribution in [0.15, 0.2) is 59.5 Å². The highest BCUT2D eigenvalue weighted by atomic mass is 35.5. The number of hydrogen-bond acceptors (Lipinski definition) is 6. The molecule has 2 aromatic rings. The summed E-state index contributed by atoms with van der Waals surface area (Å²) in [7, 11) is -3.54. The number of carbonyl (C=O) groups is 1. The van der Waals surface area contributed by atoms with Crippen LogP contribution in [0.4, 0.5) is 0 Å². The number of benzene rings is 2. The first-order chi connectivity index (χ1) is 14.4. The Morgan fingerprint density at radius 2 is 1.83 bits per heavy atom.